The van der Waals surface area contributed by atoms with Gasteiger partial charge >= 0.3 is 5.97 Å². The average molecular weight is 376 g/mol. The zero-order valence-electron chi connectivity index (χ0n) is 17.5. The fourth-order valence-electron chi connectivity index (χ4n) is 9.25. The van der Waals surface area contributed by atoms with Gasteiger partial charge in [-0.05, 0) is 79.4 Å². The molecular formula is C23H37NO3. The molecule has 0 aromatic carbocycles. The van der Waals surface area contributed by atoms with Crippen LogP contribution in [0, 0.1) is 40.4 Å². The number of aliphatic hydroxyl groups is 1. The standard InChI is InChI=1S/C23H37NO3/c1-14(2)16-7-10-21(3)15-12-18-17-6-5-9-23(18,26)24(13-15)20(16)22(17,21)11-8-19(25)27-4/h14-18,20,26H,5-13H2,1-4H3/t15-,16-,17+,18-,20-,21+,22+,23-/m1/s1. The maximum atomic E-state index is 12.2. The summed E-state index contributed by atoms with van der Waals surface area (Å²) in [4.78, 5) is 14.8. The third-order valence-corrected chi connectivity index (χ3v) is 10.3. The lowest BCUT2D eigenvalue weighted by Gasteiger charge is -2.82. The van der Waals surface area contributed by atoms with E-state index in [4.69, 9.17) is 4.74 Å². The molecule has 3 aliphatic heterocycles. The van der Waals surface area contributed by atoms with Gasteiger partial charge < -0.3 is 9.84 Å². The van der Waals surface area contributed by atoms with Crippen molar-refractivity contribution < 1.29 is 14.6 Å². The molecule has 4 nitrogen and oxygen atoms in total. The van der Waals surface area contributed by atoms with E-state index in [1.54, 1.807) is 0 Å². The predicted molar refractivity (Wildman–Crippen MR) is 104 cm³/mol. The Morgan fingerprint density at radius 3 is 2.74 bits per heavy atom. The van der Waals surface area contributed by atoms with E-state index in [0.717, 1.165) is 25.8 Å². The molecule has 0 aromatic rings. The van der Waals surface area contributed by atoms with E-state index in [-0.39, 0.29) is 11.4 Å². The Kier molecular flexibility index (Phi) is 3.90. The van der Waals surface area contributed by atoms with E-state index >= 15 is 0 Å². The summed E-state index contributed by atoms with van der Waals surface area (Å²) in [5.41, 5.74) is -0.0923. The molecule has 3 heterocycles. The van der Waals surface area contributed by atoms with Gasteiger partial charge in [0.1, 0.15) is 5.72 Å². The second kappa shape index (κ2) is 5.72. The van der Waals surface area contributed by atoms with Gasteiger partial charge in [0.25, 0.3) is 0 Å². The number of hydrogen-bond donors (Lipinski definition) is 1. The van der Waals surface area contributed by atoms with Crippen molar-refractivity contribution in [3.63, 3.8) is 0 Å². The van der Waals surface area contributed by atoms with E-state index in [1.165, 1.54) is 32.8 Å². The lowest BCUT2D eigenvalue weighted by molar-refractivity contribution is -0.388. The highest BCUT2D eigenvalue weighted by molar-refractivity contribution is 5.69. The zero-order chi connectivity index (χ0) is 19.2. The molecule has 0 aromatic heterocycles. The van der Waals surface area contributed by atoms with Gasteiger partial charge in [-0.25, -0.2) is 0 Å². The highest BCUT2D eigenvalue weighted by Crippen LogP contribution is 2.78. The van der Waals surface area contributed by atoms with Crippen LogP contribution >= 0.6 is 0 Å². The first-order valence-electron chi connectivity index (χ1n) is 11.4. The highest BCUT2D eigenvalue weighted by Gasteiger charge is 2.78. The molecule has 8 bridgehead atoms. The van der Waals surface area contributed by atoms with Gasteiger partial charge in [-0.1, -0.05) is 20.8 Å². The molecule has 0 amide bonds. The summed E-state index contributed by atoms with van der Waals surface area (Å²) in [6.45, 7) is 8.37. The quantitative estimate of drug-likeness (QED) is 0.759. The number of ether oxygens (including phenoxy) is 1. The number of esters is 1. The van der Waals surface area contributed by atoms with Crippen molar-refractivity contribution in [3.8, 4) is 0 Å². The highest BCUT2D eigenvalue weighted by atomic mass is 16.5. The number of carbonyl (C=O) groups excluding carboxylic acids is 1. The van der Waals surface area contributed by atoms with Crippen LogP contribution in [0.5, 0.6) is 0 Å². The Morgan fingerprint density at radius 1 is 1.26 bits per heavy atom. The number of rotatable bonds is 4. The van der Waals surface area contributed by atoms with Gasteiger partial charge in [0, 0.05) is 24.9 Å². The molecule has 27 heavy (non-hydrogen) atoms. The molecule has 1 N–H and O–H groups in total. The molecule has 6 aliphatic rings. The monoisotopic (exact) mass is 375 g/mol. The topological polar surface area (TPSA) is 49.8 Å². The second-order valence-electron chi connectivity index (χ2n) is 11.0. The summed E-state index contributed by atoms with van der Waals surface area (Å²) in [5, 5.41) is 11.9. The third-order valence-electron chi connectivity index (χ3n) is 10.3. The van der Waals surface area contributed by atoms with Crippen LogP contribution in [0.2, 0.25) is 0 Å². The summed E-state index contributed by atoms with van der Waals surface area (Å²) in [5.74, 6) is 2.86. The molecule has 0 radical (unpaired) electrons. The second-order valence-corrected chi connectivity index (χ2v) is 11.0. The molecule has 6 rings (SSSR count). The van der Waals surface area contributed by atoms with E-state index < -0.39 is 5.72 Å². The molecule has 6 fully saturated rings. The minimum absolute atomic E-state index is 0.0606. The maximum Gasteiger partial charge on any atom is 0.305 e. The summed E-state index contributed by atoms with van der Waals surface area (Å²) < 4.78 is 5.06. The number of carbonyl (C=O) groups is 1. The van der Waals surface area contributed by atoms with E-state index in [2.05, 4.69) is 25.7 Å². The van der Waals surface area contributed by atoms with Crippen molar-refractivity contribution >= 4 is 5.97 Å². The number of nitrogens with zero attached hydrogens (tertiary/aromatic N) is 1. The van der Waals surface area contributed by atoms with Crippen LogP contribution in [0.4, 0.5) is 0 Å². The van der Waals surface area contributed by atoms with Crippen molar-refractivity contribution in [3.05, 3.63) is 0 Å². The smallest absolute Gasteiger partial charge is 0.305 e. The number of methoxy groups -OCH3 is 1. The van der Waals surface area contributed by atoms with E-state index in [1.807, 2.05) is 0 Å². The van der Waals surface area contributed by atoms with Crippen molar-refractivity contribution in [2.24, 2.45) is 40.4 Å². The molecule has 4 heteroatoms. The molecule has 1 unspecified atom stereocenters. The van der Waals surface area contributed by atoms with Gasteiger partial charge in [0.15, 0.2) is 0 Å². The van der Waals surface area contributed by atoms with Gasteiger partial charge in [0.05, 0.1) is 7.11 Å². The lowest BCUT2D eigenvalue weighted by Crippen LogP contribution is -2.86. The Balaban J connectivity index is 1.67. The van der Waals surface area contributed by atoms with Crippen LogP contribution in [0.25, 0.3) is 0 Å². The third kappa shape index (κ3) is 2.00. The van der Waals surface area contributed by atoms with Gasteiger partial charge in [-0.2, -0.15) is 0 Å². The van der Waals surface area contributed by atoms with Crippen LogP contribution in [0.3, 0.4) is 0 Å². The molecule has 3 saturated carbocycles. The van der Waals surface area contributed by atoms with Crippen LogP contribution < -0.4 is 0 Å². The van der Waals surface area contributed by atoms with Gasteiger partial charge in [-0.15, -0.1) is 0 Å². The Hall–Kier alpha value is -0.610. The Morgan fingerprint density at radius 2 is 2.04 bits per heavy atom. The Labute approximate surface area is 164 Å². The first-order valence-corrected chi connectivity index (χ1v) is 11.4. The molecule has 9 atom stereocenters. The number of piperidine rings is 3. The maximum absolute atomic E-state index is 12.2. The summed E-state index contributed by atoms with van der Waals surface area (Å²) in [6, 6.07) is 0.434. The fourth-order valence-corrected chi connectivity index (χ4v) is 9.25. The van der Waals surface area contributed by atoms with Crippen molar-refractivity contribution in [1.82, 2.24) is 4.90 Å². The first kappa shape index (κ1) is 18.4. The van der Waals surface area contributed by atoms with Gasteiger partial charge in [-0.3, -0.25) is 9.69 Å². The zero-order valence-corrected chi connectivity index (χ0v) is 17.5. The average Bonchev–Trinajstić information content (AvgIpc) is 2.62. The Bertz CT molecular complexity index is 650. The minimum Gasteiger partial charge on any atom is -0.469 e. The summed E-state index contributed by atoms with van der Waals surface area (Å²) in [7, 11) is 1.52. The van der Waals surface area contributed by atoms with Crippen molar-refractivity contribution in [2.45, 2.75) is 83.9 Å². The normalized spacial score (nSPS) is 55.0. The lowest BCUT2D eigenvalue weighted by atomic mass is 9.31. The van der Waals surface area contributed by atoms with Crippen LogP contribution in [0.15, 0.2) is 0 Å². The van der Waals surface area contributed by atoms with Gasteiger partial charge in [0.2, 0.25) is 0 Å². The molecular weight excluding hydrogens is 338 g/mol. The van der Waals surface area contributed by atoms with Crippen LogP contribution in [-0.4, -0.2) is 41.4 Å². The summed E-state index contributed by atoms with van der Waals surface area (Å²) in [6.07, 6.45) is 8.59. The first-order chi connectivity index (χ1) is 12.8. The molecule has 152 valence electrons. The fraction of sp³-hybridized carbons (Fsp3) is 0.957. The SMILES string of the molecule is COC(=O)CC[C@]12[C@H]3CCC[C@@]4(O)[C@@H]3C[C@@H]3CN4[C@@H]1[C@@H](C(C)C)CC[C@@]32C. The van der Waals surface area contributed by atoms with Crippen LogP contribution in [-0.2, 0) is 9.53 Å². The van der Waals surface area contributed by atoms with Crippen LogP contribution in [0.1, 0.15) is 72.1 Å². The predicted octanol–water partition coefficient (Wildman–Crippen LogP) is 3.82. The van der Waals surface area contributed by atoms with Crippen molar-refractivity contribution in [2.75, 3.05) is 13.7 Å². The van der Waals surface area contributed by atoms with Crippen molar-refractivity contribution in [1.29, 1.82) is 0 Å². The van der Waals surface area contributed by atoms with E-state index in [0.29, 0.717) is 47.5 Å². The number of hydrogen-bond acceptors (Lipinski definition) is 4. The molecule has 3 saturated heterocycles. The largest absolute Gasteiger partial charge is 0.469 e. The minimum atomic E-state index is -0.579. The molecule has 0 spiro atoms. The summed E-state index contributed by atoms with van der Waals surface area (Å²) >= 11 is 0. The van der Waals surface area contributed by atoms with E-state index in [9.17, 15) is 9.90 Å². The molecule has 3 aliphatic carbocycles.